The number of halogens is 4. The zero-order valence-electron chi connectivity index (χ0n) is 15.8. The van der Waals surface area contributed by atoms with Crippen molar-refractivity contribution in [2.75, 3.05) is 5.32 Å². The Morgan fingerprint density at radius 2 is 1.83 bits per heavy atom. The van der Waals surface area contributed by atoms with Gasteiger partial charge in [0.05, 0.1) is 16.1 Å². The molecule has 0 unspecified atom stereocenters. The molecule has 156 valence electrons. The van der Waals surface area contributed by atoms with Crippen LogP contribution in [0.1, 0.15) is 37.8 Å². The van der Waals surface area contributed by atoms with Crippen LogP contribution in [0.25, 0.3) is 16.7 Å². The lowest BCUT2D eigenvalue weighted by Gasteiger charge is -2.54. The van der Waals surface area contributed by atoms with Crippen LogP contribution < -0.4 is 11.0 Å². The molecule has 0 aliphatic heterocycles. The predicted molar refractivity (Wildman–Crippen MR) is 108 cm³/mol. The Labute approximate surface area is 174 Å². The smallest absolute Gasteiger partial charge is 0.367 e. The number of nitrogens with one attached hydrogen (secondary N) is 1. The fourth-order valence-electron chi connectivity index (χ4n) is 4.58. The Morgan fingerprint density at radius 3 is 2.47 bits per heavy atom. The van der Waals surface area contributed by atoms with E-state index in [1.165, 1.54) is 25.3 Å². The molecule has 1 aromatic carbocycles. The highest BCUT2D eigenvalue weighted by molar-refractivity contribution is 6.32. The van der Waals surface area contributed by atoms with E-state index in [0.717, 1.165) is 23.5 Å². The van der Waals surface area contributed by atoms with Crippen LogP contribution in [0.4, 0.5) is 19.0 Å². The molecule has 0 amide bonds. The van der Waals surface area contributed by atoms with E-state index in [0.29, 0.717) is 10.8 Å². The normalized spacial score (nSPS) is 18.3. The summed E-state index contributed by atoms with van der Waals surface area (Å²) in [6.07, 6.45) is 0.993. The number of fused-ring (bicyclic) bond motifs is 1. The molecular weight excluding hydrogens is 417 g/mol. The van der Waals surface area contributed by atoms with E-state index in [9.17, 15) is 18.0 Å². The van der Waals surface area contributed by atoms with Gasteiger partial charge in [0.25, 0.3) is 0 Å². The lowest BCUT2D eigenvalue weighted by molar-refractivity contribution is -0.141. The van der Waals surface area contributed by atoms with Gasteiger partial charge in [0.15, 0.2) is 5.65 Å². The largest absolute Gasteiger partial charge is 0.433 e. The number of pyridine rings is 1. The molecule has 2 saturated carbocycles. The molecule has 0 atom stereocenters. The van der Waals surface area contributed by atoms with Gasteiger partial charge in [0.1, 0.15) is 11.5 Å². The minimum absolute atomic E-state index is 0.127. The molecule has 2 heterocycles. The minimum atomic E-state index is -4.64. The maximum absolute atomic E-state index is 13.3. The SMILES string of the molecule is O=c1nc(NC2CC3(CCC3)C2)c2ccc(C(F)(F)F)nc2n1-c1ccccc1Cl. The minimum Gasteiger partial charge on any atom is -0.367 e. The van der Waals surface area contributed by atoms with E-state index in [2.05, 4.69) is 15.3 Å². The number of alkyl halides is 3. The molecule has 1 spiro atoms. The van der Waals surface area contributed by atoms with E-state index in [-0.39, 0.29) is 28.2 Å². The molecule has 1 N–H and O–H groups in total. The molecule has 2 aliphatic carbocycles. The molecule has 2 aliphatic rings. The second-order valence-corrected chi connectivity index (χ2v) is 8.61. The molecule has 0 saturated heterocycles. The van der Waals surface area contributed by atoms with E-state index in [4.69, 9.17) is 11.6 Å². The molecule has 0 radical (unpaired) electrons. The van der Waals surface area contributed by atoms with Gasteiger partial charge in [-0.2, -0.15) is 18.2 Å². The van der Waals surface area contributed by atoms with Gasteiger partial charge in [-0.15, -0.1) is 0 Å². The summed E-state index contributed by atoms with van der Waals surface area (Å²) < 4.78 is 41.0. The third-order valence-corrected chi connectivity index (χ3v) is 6.56. The molecule has 2 fully saturated rings. The lowest BCUT2D eigenvalue weighted by atomic mass is 9.54. The van der Waals surface area contributed by atoms with Crippen LogP contribution in [0.2, 0.25) is 5.02 Å². The molecule has 0 bridgehead atoms. The van der Waals surface area contributed by atoms with Gasteiger partial charge in [-0.1, -0.05) is 30.2 Å². The van der Waals surface area contributed by atoms with Crippen LogP contribution in [0, 0.1) is 5.41 Å². The summed E-state index contributed by atoms with van der Waals surface area (Å²) in [6.45, 7) is 0. The number of para-hydroxylation sites is 1. The molecule has 2 aromatic heterocycles. The van der Waals surface area contributed by atoms with Crippen molar-refractivity contribution in [2.45, 2.75) is 44.3 Å². The summed E-state index contributed by atoms with van der Waals surface area (Å²) in [5.41, 5.74) is -1.30. The van der Waals surface area contributed by atoms with Gasteiger partial charge >= 0.3 is 11.9 Å². The van der Waals surface area contributed by atoms with Crippen LogP contribution in [-0.4, -0.2) is 20.6 Å². The first-order valence-electron chi connectivity index (χ1n) is 9.78. The van der Waals surface area contributed by atoms with Crippen LogP contribution in [0.15, 0.2) is 41.2 Å². The maximum atomic E-state index is 13.3. The van der Waals surface area contributed by atoms with Crippen LogP contribution in [0.5, 0.6) is 0 Å². The number of aromatic nitrogens is 3. The van der Waals surface area contributed by atoms with Gasteiger partial charge in [-0.3, -0.25) is 0 Å². The summed E-state index contributed by atoms with van der Waals surface area (Å²) in [6, 6.07) is 8.79. The zero-order valence-corrected chi connectivity index (χ0v) is 16.6. The molecule has 5 nitrogen and oxygen atoms in total. The van der Waals surface area contributed by atoms with Crippen molar-refractivity contribution in [2.24, 2.45) is 5.41 Å². The van der Waals surface area contributed by atoms with Gasteiger partial charge < -0.3 is 5.32 Å². The number of hydrogen-bond acceptors (Lipinski definition) is 4. The number of benzene rings is 1. The van der Waals surface area contributed by atoms with Gasteiger partial charge in [0.2, 0.25) is 0 Å². The topological polar surface area (TPSA) is 59.8 Å². The summed E-state index contributed by atoms with van der Waals surface area (Å²) >= 11 is 6.22. The highest BCUT2D eigenvalue weighted by Gasteiger charge is 2.48. The van der Waals surface area contributed by atoms with Crippen molar-refractivity contribution in [3.8, 4) is 5.69 Å². The van der Waals surface area contributed by atoms with E-state index in [1.807, 2.05) is 0 Å². The predicted octanol–water partition coefficient (Wildman–Crippen LogP) is 5.20. The highest BCUT2D eigenvalue weighted by atomic mass is 35.5. The average molecular weight is 435 g/mol. The zero-order chi connectivity index (χ0) is 21.1. The van der Waals surface area contributed by atoms with Crippen molar-refractivity contribution in [3.63, 3.8) is 0 Å². The van der Waals surface area contributed by atoms with Gasteiger partial charge in [-0.05, 0) is 55.4 Å². The highest BCUT2D eigenvalue weighted by Crippen LogP contribution is 2.56. The van der Waals surface area contributed by atoms with Crippen molar-refractivity contribution >= 4 is 28.5 Å². The molecule has 5 rings (SSSR count). The fourth-order valence-corrected chi connectivity index (χ4v) is 4.80. The summed E-state index contributed by atoms with van der Waals surface area (Å²) in [5, 5.41) is 3.82. The Bertz CT molecular complexity index is 1200. The number of anilines is 1. The molecule has 9 heteroatoms. The summed E-state index contributed by atoms with van der Waals surface area (Å²) in [7, 11) is 0. The summed E-state index contributed by atoms with van der Waals surface area (Å²) in [4.78, 5) is 20.8. The Balaban J connectivity index is 1.65. The van der Waals surface area contributed by atoms with Crippen LogP contribution in [0.3, 0.4) is 0 Å². The molecular formula is C21H18ClF3N4O. The Hall–Kier alpha value is -2.61. The fraction of sp³-hybridized carbons (Fsp3) is 0.381. The average Bonchev–Trinajstić information content (AvgIpc) is 2.62. The van der Waals surface area contributed by atoms with Crippen LogP contribution in [-0.2, 0) is 6.18 Å². The van der Waals surface area contributed by atoms with Gasteiger partial charge in [0, 0.05) is 6.04 Å². The van der Waals surface area contributed by atoms with Crippen molar-refractivity contribution in [1.29, 1.82) is 0 Å². The van der Waals surface area contributed by atoms with Gasteiger partial charge in [-0.25, -0.2) is 14.3 Å². The van der Waals surface area contributed by atoms with Crippen LogP contribution >= 0.6 is 11.6 Å². The number of nitrogens with zero attached hydrogens (tertiary/aromatic N) is 3. The standard InChI is InChI=1S/C21H18ClF3N4O/c22-14-4-1-2-5-15(14)29-18-13(6-7-16(27-18)21(23,24)25)17(28-19(29)30)26-12-10-20(11-12)8-3-9-20/h1-2,4-7,12H,3,8-11H2,(H,26,28,30). The van der Waals surface area contributed by atoms with Crippen molar-refractivity contribution < 1.29 is 13.2 Å². The first-order chi connectivity index (χ1) is 14.3. The second kappa shape index (κ2) is 6.70. The van der Waals surface area contributed by atoms with E-state index >= 15 is 0 Å². The third-order valence-electron chi connectivity index (χ3n) is 6.24. The quantitative estimate of drug-likeness (QED) is 0.615. The molecule has 30 heavy (non-hydrogen) atoms. The third kappa shape index (κ3) is 3.14. The second-order valence-electron chi connectivity index (χ2n) is 8.20. The first-order valence-corrected chi connectivity index (χ1v) is 10.2. The monoisotopic (exact) mass is 434 g/mol. The van der Waals surface area contributed by atoms with E-state index in [1.54, 1.807) is 24.3 Å². The molecule has 3 aromatic rings. The Kier molecular flexibility index (Phi) is 4.32. The first kappa shape index (κ1) is 19.4. The summed E-state index contributed by atoms with van der Waals surface area (Å²) in [5.74, 6) is 0.263. The maximum Gasteiger partial charge on any atom is 0.433 e. The lowest BCUT2D eigenvalue weighted by Crippen LogP contribution is -2.49. The number of rotatable bonds is 3. The van der Waals surface area contributed by atoms with E-state index < -0.39 is 17.6 Å². The Morgan fingerprint density at radius 1 is 1.10 bits per heavy atom. The number of hydrogen-bond donors (Lipinski definition) is 1. The van der Waals surface area contributed by atoms with Crippen molar-refractivity contribution in [1.82, 2.24) is 14.5 Å². The van der Waals surface area contributed by atoms with Crippen molar-refractivity contribution in [3.05, 3.63) is 57.6 Å².